The Hall–Kier alpha value is -3.23. The third kappa shape index (κ3) is 6.63. The molecule has 0 radical (unpaired) electrons. The Morgan fingerprint density at radius 1 is 0.970 bits per heavy atom. The van der Waals surface area contributed by atoms with Crippen molar-refractivity contribution < 1.29 is 23.0 Å². The predicted octanol–water partition coefficient (Wildman–Crippen LogP) is 4.63. The van der Waals surface area contributed by atoms with Gasteiger partial charge >= 0.3 is 5.97 Å². The van der Waals surface area contributed by atoms with Gasteiger partial charge in [-0.25, -0.2) is 13.2 Å². The van der Waals surface area contributed by atoms with E-state index in [9.17, 15) is 13.2 Å². The number of benzene rings is 2. The molecule has 0 aliphatic carbocycles. The van der Waals surface area contributed by atoms with Crippen molar-refractivity contribution in [2.45, 2.75) is 51.1 Å². The molecule has 0 aliphatic rings. The van der Waals surface area contributed by atoms with Crippen molar-refractivity contribution in [1.82, 2.24) is 9.29 Å². The van der Waals surface area contributed by atoms with Crippen LogP contribution in [0, 0.1) is 0 Å². The Labute approximate surface area is 195 Å². The normalized spacial score (nSPS) is 11.9. The van der Waals surface area contributed by atoms with E-state index in [2.05, 4.69) is 30.6 Å². The second-order valence-corrected chi connectivity index (χ2v) is 10.7. The zero-order valence-electron chi connectivity index (χ0n) is 19.2. The van der Waals surface area contributed by atoms with Crippen LogP contribution in [0.3, 0.4) is 0 Å². The topological polar surface area (TPSA) is 85.8 Å². The molecule has 7 nitrogen and oxygen atoms in total. The lowest BCUT2D eigenvalue weighted by molar-refractivity contribution is -0.210. The van der Waals surface area contributed by atoms with Crippen molar-refractivity contribution >= 4 is 16.0 Å². The van der Waals surface area contributed by atoms with Crippen LogP contribution in [0.5, 0.6) is 5.75 Å². The molecular formula is C25H28N2O5S. The van der Waals surface area contributed by atoms with Gasteiger partial charge in [0, 0.05) is 32.4 Å². The zero-order valence-corrected chi connectivity index (χ0v) is 20.0. The predicted molar refractivity (Wildman–Crippen MR) is 125 cm³/mol. The van der Waals surface area contributed by atoms with Gasteiger partial charge in [0.25, 0.3) is 0 Å². The molecule has 0 unspecified atom stereocenters. The third-order valence-electron chi connectivity index (χ3n) is 4.96. The van der Waals surface area contributed by atoms with Gasteiger partial charge in [0.1, 0.15) is 4.90 Å². The van der Waals surface area contributed by atoms with Crippen LogP contribution in [-0.2, 0) is 38.2 Å². The van der Waals surface area contributed by atoms with E-state index in [0.717, 1.165) is 5.56 Å². The van der Waals surface area contributed by atoms with Crippen molar-refractivity contribution in [3.05, 3.63) is 89.7 Å². The van der Waals surface area contributed by atoms with Crippen molar-refractivity contribution in [1.29, 1.82) is 0 Å². The van der Waals surface area contributed by atoms with Gasteiger partial charge in [0.05, 0.1) is 0 Å². The summed E-state index contributed by atoms with van der Waals surface area (Å²) in [4.78, 5) is 24.7. The van der Waals surface area contributed by atoms with Crippen LogP contribution in [0.2, 0.25) is 0 Å². The van der Waals surface area contributed by atoms with E-state index < -0.39 is 16.0 Å². The van der Waals surface area contributed by atoms with Gasteiger partial charge < -0.3 is 0 Å². The maximum atomic E-state index is 13.5. The van der Waals surface area contributed by atoms with E-state index in [4.69, 9.17) is 4.89 Å². The molecule has 0 saturated heterocycles. The largest absolute Gasteiger partial charge is 0.352 e. The van der Waals surface area contributed by atoms with Gasteiger partial charge in [-0.15, -0.1) is 0 Å². The summed E-state index contributed by atoms with van der Waals surface area (Å²) in [6.07, 6.45) is 2.87. The monoisotopic (exact) mass is 468 g/mol. The molecule has 0 amide bonds. The number of sulfonamides is 1. The fourth-order valence-electron chi connectivity index (χ4n) is 3.19. The molecule has 0 aliphatic heterocycles. The van der Waals surface area contributed by atoms with Crippen LogP contribution < -0.4 is 4.89 Å². The van der Waals surface area contributed by atoms with E-state index in [0.29, 0.717) is 11.3 Å². The number of carbonyl (C=O) groups excluding carboxylic acids is 1. The molecule has 33 heavy (non-hydrogen) atoms. The number of hydrogen-bond donors (Lipinski definition) is 0. The summed E-state index contributed by atoms with van der Waals surface area (Å²) in [7, 11) is -3.83. The number of carbonyl (C=O) groups is 1. The lowest BCUT2D eigenvalue weighted by atomic mass is 9.87. The molecule has 2 aromatic carbocycles. The SMILES string of the molecule is CC(=O)OOc1cccc(CN(Cc2ccc(C(C)(C)C)cc2)S(=O)(=O)c2cccnc2)c1. The standard InChI is InChI=1S/C25H28N2O5S/c1-19(28)31-32-23-8-5-7-21(15-23)18-27(33(29,30)24-9-6-14-26-16-24)17-20-10-12-22(13-11-20)25(2,3)4/h5-16H,17-18H2,1-4H3. The molecule has 8 heteroatoms. The van der Waals surface area contributed by atoms with E-state index in [-0.39, 0.29) is 23.4 Å². The summed E-state index contributed by atoms with van der Waals surface area (Å²) in [6, 6.07) is 17.8. The summed E-state index contributed by atoms with van der Waals surface area (Å²) in [6.45, 7) is 7.90. The Balaban J connectivity index is 1.91. The van der Waals surface area contributed by atoms with Crippen molar-refractivity contribution in [3.8, 4) is 5.75 Å². The first-order valence-electron chi connectivity index (χ1n) is 10.5. The molecule has 3 aromatic rings. The molecular weight excluding hydrogens is 440 g/mol. The summed E-state index contributed by atoms with van der Waals surface area (Å²) in [5, 5.41) is 0. The van der Waals surface area contributed by atoms with Gasteiger partial charge in [-0.2, -0.15) is 4.31 Å². The molecule has 0 spiro atoms. The Morgan fingerprint density at radius 2 is 1.67 bits per heavy atom. The van der Waals surface area contributed by atoms with Gasteiger partial charge in [-0.1, -0.05) is 57.2 Å². The van der Waals surface area contributed by atoms with E-state index in [1.807, 2.05) is 24.3 Å². The molecule has 0 fully saturated rings. The summed E-state index contributed by atoms with van der Waals surface area (Å²) in [5.41, 5.74) is 2.71. The van der Waals surface area contributed by atoms with Crippen molar-refractivity contribution in [2.24, 2.45) is 0 Å². The molecule has 1 heterocycles. The minimum Gasteiger partial charge on any atom is -0.287 e. The van der Waals surface area contributed by atoms with E-state index in [1.165, 1.54) is 35.3 Å². The number of rotatable bonds is 8. The Kier molecular flexibility index (Phi) is 7.50. The van der Waals surface area contributed by atoms with E-state index in [1.54, 1.807) is 30.3 Å². The number of aromatic nitrogens is 1. The molecule has 0 saturated carbocycles. The zero-order chi connectivity index (χ0) is 24.1. The molecule has 0 atom stereocenters. The van der Waals surface area contributed by atoms with Crippen LogP contribution in [0.4, 0.5) is 0 Å². The lowest BCUT2D eigenvalue weighted by Gasteiger charge is -2.24. The number of nitrogens with zero attached hydrogens (tertiary/aromatic N) is 2. The first-order valence-corrected chi connectivity index (χ1v) is 11.9. The van der Waals surface area contributed by atoms with Gasteiger partial charge in [-0.3, -0.25) is 14.8 Å². The summed E-state index contributed by atoms with van der Waals surface area (Å²) >= 11 is 0. The van der Waals surface area contributed by atoms with Crippen LogP contribution >= 0.6 is 0 Å². The maximum Gasteiger partial charge on any atom is 0.352 e. The van der Waals surface area contributed by atoms with E-state index >= 15 is 0 Å². The second-order valence-electron chi connectivity index (χ2n) is 8.71. The first-order chi connectivity index (χ1) is 15.6. The van der Waals surface area contributed by atoms with Gasteiger partial charge in [-0.05, 0) is 46.4 Å². The van der Waals surface area contributed by atoms with Crippen molar-refractivity contribution in [3.63, 3.8) is 0 Å². The first kappa shape index (κ1) is 24.4. The molecule has 174 valence electrons. The average molecular weight is 469 g/mol. The smallest absolute Gasteiger partial charge is 0.287 e. The third-order valence-corrected chi connectivity index (χ3v) is 6.74. The van der Waals surface area contributed by atoms with Gasteiger partial charge in [0.15, 0.2) is 5.75 Å². The second kappa shape index (κ2) is 10.1. The minimum atomic E-state index is -3.83. The lowest BCUT2D eigenvalue weighted by Crippen LogP contribution is -2.30. The summed E-state index contributed by atoms with van der Waals surface area (Å²) < 4.78 is 28.3. The average Bonchev–Trinajstić information content (AvgIpc) is 2.78. The minimum absolute atomic E-state index is 0.00237. The highest BCUT2D eigenvalue weighted by Gasteiger charge is 2.26. The highest BCUT2D eigenvalue weighted by atomic mass is 32.2. The van der Waals surface area contributed by atoms with Gasteiger partial charge in [0.2, 0.25) is 10.0 Å². The number of hydrogen-bond acceptors (Lipinski definition) is 6. The molecule has 0 N–H and O–H groups in total. The summed E-state index contributed by atoms with van der Waals surface area (Å²) in [5.74, 6) is -0.282. The molecule has 1 aromatic heterocycles. The fourth-order valence-corrected chi connectivity index (χ4v) is 4.58. The number of pyridine rings is 1. The maximum absolute atomic E-state index is 13.5. The van der Waals surface area contributed by atoms with Crippen molar-refractivity contribution in [2.75, 3.05) is 0 Å². The van der Waals surface area contributed by atoms with Crippen LogP contribution in [0.25, 0.3) is 0 Å². The highest BCUT2D eigenvalue weighted by Crippen LogP contribution is 2.25. The quantitative estimate of drug-likeness (QED) is 0.354. The van der Waals surface area contributed by atoms with Crippen LogP contribution in [0.15, 0.2) is 78.0 Å². The Morgan fingerprint density at radius 3 is 2.27 bits per heavy atom. The highest BCUT2D eigenvalue weighted by molar-refractivity contribution is 7.89. The van der Waals surface area contributed by atoms with Crippen LogP contribution in [-0.4, -0.2) is 23.7 Å². The fraction of sp³-hybridized carbons (Fsp3) is 0.280. The molecule has 0 bridgehead atoms. The molecule has 3 rings (SSSR count). The Bertz CT molecular complexity index is 1190. The van der Waals surface area contributed by atoms with Crippen LogP contribution in [0.1, 0.15) is 44.4 Å².